The summed E-state index contributed by atoms with van der Waals surface area (Å²) >= 11 is 7.92. The molecule has 1 aliphatic carbocycles. The Balaban J connectivity index is 0.00000320. The van der Waals surface area contributed by atoms with Crippen molar-refractivity contribution in [2.24, 2.45) is 0 Å². The number of ether oxygens (including phenoxy) is 2. The molecule has 1 unspecified atom stereocenters. The number of rotatable bonds is 9. The summed E-state index contributed by atoms with van der Waals surface area (Å²) in [7, 11) is 1.59. The Labute approximate surface area is 232 Å². The Hall–Kier alpha value is -2.42. The van der Waals surface area contributed by atoms with E-state index in [9.17, 15) is 5.11 Å². The minimum atomic E-state index is -0.568. The van der Waals surface area contributed by atoms with Gasteiger partial charge in [0.15, 0.2) is 0 Å². The number of benzene rings is 2. The number of hydrogen-bond acceptors (Lipinski definition) is 6. The van der Waals surface area contributed by atoms with Gasteiger partial charge in [-0.2, -0.15) is 0 Å². The first-order valence-electron chi connectivity index (χ1n) is 12.4. The molecule has 6 nitrogen and oxygen atoms in total. The van der Waals surface area contributed by atoms with Crippen molar-refractivity contribution in [1.82, 2.24) is 9.97 Å². The molecule has 3 N–H and O–H groups in total. The van der Waals surface area contributed by atoms with E-state index in [2.05, 4.69) is 39.9 Å². The molecule has 1 saturated carbocycles. The molecule has 4 aromatic rings. The van der Waals surface area contributed by atoms with Crippen LogP contribution in [-0.2, 0) is 0 Å². The molecular formula is C28H31Cl2N3O3S. The lowest BCUT2D eigenvalue weighted by Gasteiger charge is -2.27. The summed E-state index contributed by atoms with van der Waals surface area (Å²) in [5.41, 5.74) is 3.64. The third kappa shape index (κ3) is 6.54. The number of aliphatic hydroxyl groups is 1. The van der Waals surface area contributed by atoms with E-state index in [-0.39, 0.29) is 19.0 Å². The first-order valence-corrected chi connectivity index (χ1v) is 13.6. The maximum atomic E-state index is 10.5. The van der Waals surface area contributed by atoms with Gasteiger partial charge in [-0.3, -0.25) is 0 Å². The van der Waals surface area contributed by atoms with Crippen LogP contribution in [-0.4, -0.2) is 47.5 Å². The molecule has 5 rings (SSSR count). The van der Waals surface area contributed by atoms with Gasteiger partial charge in [0, 0.05) is 28.3 Å². The number of aromatic nitrogens is 2. The first-order chi connectivity index (χ1) is 17.6. The molecule has 2 aromatic heterocycles. The van der Waals surface area contributed by atoms with Crippen LogP contribution in [0.15, 0.2) is 60.2 Å². The monoisotopic (exact) mass is 559 g/mol. The van der Waals surface area contributed by atoms with E-state index in [1.165, 1.54) is 22.2 Å². The maximum Gasteiger partial charge on any atom is 0.138 e. The van der Waals surface area contributed by atoms with Gasteiger partial charge in [-0.25, -0.2) is 9.97 Å². The number of halogens is 2. The summed E-state index contributed by atoms with van der Waals surface area (Å²) < 4.78 is 10.9. The van der Waals surface area contributed by atoms with Crippen molar-refractivity contribution in [2.75, 3.05) is 20.3 Å². The molecule has 1 aliphatic rings. The van der Waals surface area contributed by atoms with Gasteiger partial charge >= 0.3 is 0 Å². The number of thiophene rings is 1. The van der Waals surface area contributed by atoms with Crippen LogP contribution >= 0.6 is 22.9 Å². The zero-order valence-electron chi connectivity index (χ0n) is 20.6. The molecule has 37 heavy (non-hydrogen) atoms. The summed E-state index contributed by atoms with van der Waals surface area (Å²) in [6.45, 7) is 0.806. The van der Waals surface area contributed by atoms with Crippen molar-refractivity contribution in [1.29, 1.82) is 0 Å². The fourth-order valence-corrected chi connectivity index (χ4v) is 6.14. The van der Waals surface area contributed by atoms with Crippen LogP contribution in [0.1, 0.15) is 37.3 Å². The highest BCUT2D eigenvalue weighted by Crippen LogP contribution is 2.40. The molecule has 0 saturated heterocycles. The van der Waals surface area contributed by atoms with Crippen LogP contribution in [0.5, 0.6) is 11.5 Å². The lowest BCUT2D eigenvalue weighted by atomic mass is 9.82. The molecule has 0 bridgehead atoms. The van der Waals surface area contributed by atoms with E-state index >= 15 is 0 Å². The highest BCUT2D eigenvalue weighted by Gasteiger charge is 2.28. The van der Waals surface area contributed by atoms with Gasteiger partial charge < -0.3 is 32.3 Å². The maximum absolute atomic E-state index is 10.5. The van der Waals surface area contributed by atoms with E-state index in [4.69, 9.17) is 26.1 Å². The molecule has 1 atom stereocenters. The van der Waals surface area contributed by atoms with Crippen LogP contribution < -0.4 is 27.2 Å². The van der Waals surface area contributed by atoms with E-state index < -0.39 is 6.10 Å². The predicted octanol–water partition coefficient (Wildman–Crippen LogP) is 2.05. The second-order valence-electron chi connectivity index (χ2n) is 9.30. The van der Waals surface area contributed by atoms with Crippen LogP contribution in [0.25, 0.3) is 21.3 Å². The molecule has 2 heterocycles. The van der Waals surface area contributed by atoms with Gasteiger partial charge in [-0.05, 0) is 43.4 Å². The van der Waals surface area contributed by atoms with Crippen molar-refractivity contribution in [2.45, 2.75) is 43.7 Å². The Morgan fingerprint density at radius 3 is 2.62 bits per heavy atom. The standard InChI is InChI=1S/C28H30ClN3O3S.ClH/c1-34-22-11-12-25(24(29)13-22)35-15-21(33)14-30-20-9-7-19(8-10-20)27-26-23(18-5-3-2-4-6-18)16-36-28(26)32-17-31-27;/h2-6,11-13,16-17,19-21,30,33H,7-10,14-15H2,1H3;1H. The second kappa shape index (κ2) is 12.9. The number of nitrogens with zero attached hydrogens (tertiary/aromatic N) is 2. The SMILES string of the molecule is COc1ccc(OCC(O)C[NH2+]C2CCC(c3ncnc4scc(-c5ccccc5)c34)CC2)c(Cl)c1.[Cl-]. The van der Waals surface area contributed by atoms with E-state index in [1.807, 2.05) is 6.07 Å². The summed E-state index contributed by atoms with van der Waals surface area (Å²) in [6, 6.07) is 16.3. The van der Waals surface area contributed by atoms with Crippen molar-refractivity contribution in [3.63, 3.8) is 0 Å². The molecule has 0 aliphatic heterocycles. The molecule has 2 aromatic carbocycles. The van der Waals surface area contributed by atoms with Crippen molar-refractivity contribution >= 4 is 33.2 Å². The smallest absolute Gasteiger partial charge is 0.138 e. The van der Waals surface area contributed by atoms with Gasteiger partial charge in [-0.15, -0.1) is 11.3 Å². The third-order valence-electron chi connectivity index (χ3n) is 6.95. The van der Waals surface area contributed by atoms with E-state index in [0.29, 0.717) is 35.0 Å². The Kier molecular flexibility index (Phi) is 9.62. The van der Waals surface area contributed by atoms with Gasteiger partial charge in [0.2, 0.25) is 0 Å². The first kappa shape index (κ1) is 27.6. The quantitative estimate of drug-likeness (QED) is 0.328. The average molecular weight is 561 g/mol. The fourth-order valence-electron chi connectivity index (χ4n) is 5.00. The van der Waals surface area contributed by atoms with Gasteiger partial charge in [0.25, 0.3) is 0 Å². The Bertz CT molecular complexity index is 1300. The molecule has 9 heteroatoms. The predicted molar refractivity (Wildman–Crippen MR) is 144 cm³/mol. The van der Waals surface area contributed by atoms with Crippen LogP contribution in [0.3, 0.4) is 0 Å². The molecule has 0 radical (unpaired) electrons. The summed E-state index contributed by atoms with van der Waals surface area (Å²) in [4.78, 5) is 10.4. The summed E-state index contributed by atoms with van der Waals surface area (Å²) in [6.07, 6.45) is 5.52. The number of nitrogens with two attached hydrogens (primary N) is 1. The lowest BCUT2D eigenvalue weighted by Crippen LogP contribution is -3.00. The molecule has 196 valence electrons. The number of methoxy groups -OCH3 is 1. The van der Waals surface area contributed by atoms with Crippen molar-refractivity contribution < 1.29 is 32.3 Å². The topological polar surface area (TPSA) is 81.1 Å². The second-order valence-corrected chi connectivity index (χ2v) is 10.6. The van der Waals surface area contributed by atoms with Crippen molar-refractivity contribution in [3.05, 3.63) is 71.0 Å². The largest absolute Gasteiger partial charge is 1.00 e. The molecule has 1 fully saturated rings. The van der Waals surface area contributed by atoms with Crippen LogP contribution in [0.2, 0.25) is 5.02 Å². The van der Waals surface area contributed by atoms with Crippen LogP contribution in [0, 0.1) is 0 Å². The molecule has 0 spiro atoms. The number of fused-ring (bicyclic) bond motifs is 1. The number of quaternary nitrogens is 1. The highest BCUT2D eigenvalue weighted by molar-refractivity contribution is 7.17. The van der Waals surface area contributed by atoms with Gasteiger partial charge in [0.1, 0.15) is 41.9 Å². The number of aliphatic hydroxyl groups excluding tert-OH is 1. The highest BCUT2D eigenvalue weighted by atomic mass is 35.5. The fraction of sp³-hybridized carbons (Fsp3) is 0.357. The lowest BCUT2D eigenvalue weighted by molar-refractivity contribution is -0.697. The minimum absolute atomic E-state index is 0. The van der Waals surface area contributed by atoms with E-state index in [1.54, 1.807) is 43.0 Å². The van der Waals surface area contributed by atoms with Gasteiger partial charge in [0.05, 0.1) is 23.9 Å². The third-order valence-corrected chi connectivity index (χ3v) is 8.14. The zero-order chi connectivity index (χ0) is 24.9. The van der Waals surface area contributed by atoms with Gasteiger partial charge in [-0.1, -0.05) is 41.9 Å². The van der Waals surface area contributed by atoms with Crippen molar-refractivity contribution in [3.8, 4) is 22.6 Å². The Morgan fingerprint density at radius 2 is 1.89 bits per heavy atom. The summed E-state index contributed by atoms with van der Waals surface area (Å²) in [5, 5.41) is 16.6. The Morgan fingerprint density at radius 1 is 1.11 bits per heavy atom. The molecule has 0 amide bonds. The zero-order valence-corrected chi connectivity index (χ0v) is 23.0. The van der Waals surface area contributed by atoms with Crippen LogP contribution in [0.4, 0.5) is 0 Å². The average Bonchev–Trinajstić information content (AvgIpc) is 3.36. The normalized spacial score (nSPS) is 18.2. The summed E-state index contributed by atoms with van der Waals surface area (Å²) in [5.74, 6) is 1.66. The number of hydrogen-bond donors (Lipinski definition) is 2. The molecular weight excluding hydrogens is 529 g/mol. The minimum Gasteiger partial charge on any atom is -1.00 e. The van der Waals surface area contributed by atoms with E-state index in [0.717, 1.165) is 30.5 Å².